The number of aliphatic hydroxyl groups excluding tert-OH is 1. The summed E-state index contributed by atoms with van der Waals surface area (Å²) < 4.78 is 10.8. The molecule has 3 rings (SSSR count). The molecule has 112 valence electrons. The van der Waals surface area contributed by atoms with Crippen LogP contribution in [0.3, 0.4) is 0 Å². The third kappa shape index (κ3) is 2.66. The van der Waals surface area contributed by atoms with Crippen molar-refractivity contribution in [2.45, 2.75) is 25.9 Å². The van der Waals surface area contributed by atoms with E-state index in [2.05, 4.69) is 10.1 Å². The van der Waals surface area contributed by atoms with Crippen LogP contribution >= 0.6 is 0 Å². The highest BCUT2D eigenvalue weighted by molar-refractivity contribution is 5.65. The van der Waals surface area contributed by atoms with E-state index in [0.717, 1.165) is 47.8 Å². The van der Waals surface area contributed by atoms with Gasteiger partial charge >= 0.3 is 0 Å². The Bertz CT molecular complexity index is 624. The second kappa shape index (κ2) is 5.87. The molecule has 1 aliphatic heterocycles. The molecule has 0 fully saturated rings. The standard InChI is InChI=1S/C16H20N2O3/c1-11(10-19)18-7-6-15-14(9-18)16(17-21-15)12-4-3-5-13(8-12)20-2/h3-5,8,11,19H,6-7,9-10H2,1-2H3. The van der Waals surface area contributed by atoms with Gasteiger partial charge in [0.05, 0.1) is 13.7 Å². The van der Waals surface area contributed by atoms with Gasteiger partial charge in [0.1, 0.15) is 17.2 Å². The van der Waals surface area contributed by atoms with Crippen molar-refractivity contribution in [3.8, 4) is 17.0 Å². The molecular weight excluding hydrogens is 268 g/mol. The number of fused-ring (bicyclic) bond motifs is 1. The summed E-state index contributed by atoms with van der Waals surface area (Å²) in [5.41, 5.74) is 2.99. The van der Waals surface area contributed by atoms with E-state index in [1.807, 2.05) is 31.2 Å². The molecule has 1 aromatic heterocycles. The van der Waals surface area contributed by atoms with Crippen LogP contribution < -0.4 is 4.74 Å². The number of benzene rings is 1. The van der Waals surface area contributed by atoms with Crippen molar-refractivity contribution in [2.24, 2.45) is 0 Å². The topological polar surface area (TPSA) is 58.7 Å². The van der Waals surface area contributed by atoms with Gasteiger partial charge in [-0.05, 0) is 19.1 Å². The molecule has 21 heavy (non-hydrogen) atoms. The van der Waals surface area contributed by atoms with Crippen molar-refractivity contribution in [3.05, 3.63) is 35.6 Å². The van der Waals surface area contributed by atoms with E-state index in [4.69, 9.17) is 9.26 Å². The van der Waals surface area contributed by atoms with Crippen LogP contribution in [0.1, 0.15) is 18.2 Å². The Morgan fingerprint density at radius 3 is 3.10 bits per heavy atom. The summed E-state index contributed by atoms with van der Waals surface area (Å²) in [4.78, 5) is 2.25. The number of ether oxygens (including phenoxy) is 1. The second-order valence-corrected chi connectivity index (χ2v) is 5.42. The molecule has 5 heteroatoms. The fraction of sp³-hybridized carbons (Fsp3) is 0.438. The first-order valence-corrected chi connectivity index (χ1v) is 7.19. The van der Waals surface area contributed by atoms with Gasteiger partial charge in [-0.2, -0.15) is 0 Å². The number of aliphatic hydroxyl groups is 1. The smallest absolute Gasteiger partial charge is 0.143 e. The van der Waals surface area contributed by atoms with Gasteiger partial charge in [0.2, 0.25) is 0 Å². The summed E-state index contributed by atoms with van der Waals surface area (Å²) in [7, 11) is 1.65. The average molecular weight is 288 g/mol. The van der Waals surface area contributed by atoms with Gasteiger partial charge < -0.3 is 14.4 Å². The zero-order valence-corrected chi connectivity index (χ0v) is 12.4. The molecule has 0 bridgehead atoms. The van der Waals surface area contributed by atoms with Crippen LogP contribution in [0.15, 0.2) is 28.8 Å². The SMILES string of the molecule is COc1cccc(-c2noc3c2CN(C(C)CO)CC3)c1. The average Bonchev–Trinajstić information content (AvgIpc) is 2.97. The van der Waals surface area contributed by atoms with E-state index in [1.54, 1.807) is 7.11 Å². The Hall–Kier alpha value is -1.85. The Morgan fingerprint density at radius 2 is 2.33 bits per heavy atom. The molecule has 1 aliphatic rings. The molecule has 2 heterocycles. The molecule has 0 aliphatic carbocycles. The van der Waals surface area contributed by atoms with E-state index >= 15 is 0 Å². The van der Waals surface area contributed by atoms with Crippen molar-refractivity contribution < 1.29 is 14.4 Å². The predicted molar refractivity (Wildman–Crippen MR) is 79.2 cm³/mol. The van der Waals surface area contributed by atoms with Gasteiger partial charge in [0, 0.05) is 36.7 Å². The van der Waals surface area contributed by atoms with Gasteiger partial charge in [-0.3, -0.25) is 4.90 Å². The summed E-state index contributed by atoms with van der Waals surface area (Å²) >= 11 is 0. The first-order valence-electron chi connectivity index (χ1n) is 7.19. The van der Waals surface area contributed by atoms with Crippen molar-refractivity contribution in [1.82, 2.24) is 10.1 Å². The highest BCUT2D eigenvalue weighted by Gasteiger charge is 2.27. The zero-order valence-electron chi connectivity index (χ0n) is 12.4. The molecular formula is C16H20N2O3. The lowest BCUT2D eigenvalue weighted by Crippen LogP contribution is -2.39. The predicted octanol–water partition coefficient (Wildman–Crippen LogP) is 2.09. The number of hydrogen-bond acceptors (Lipinski definition) is 5. The van der Waals surface area contributed by atoms with Crippen molar-refractivity contribution in [2.75, 3.05) is 20.3 Å². The van der Waals surface area contributed by atoms with Crippen molar-refractivity contribution in [3.63, 3.8) is 0 Å². The third-order valence-electron chi connectivity index (χ3n) is 4.09. The maximum atomic E-state index is 9.34. The summed E-state index contributed by atoms with van der Waals surface area (Å²) in [5.74, 6) is 1.76. The number of rotatable bonds is 4. The Morgan fingerprint density at radius 1 is 1.48 bits per heavy atom. The van der Waals surface area contributed by atoms with Crippen LogP contribution in [0.25, 0.3) is 11.3 Å². The monoisotopic (exact) mass is 288 g/mol. The van der Waals surface area contributed by atoms with Crippen molar-refractivity contribution in [1.29, 1.82) is 0 Å². The fourth-order valence-corrected chi connectivity index (χ4v) is 2.72. The maximum absolute atomic E-state index is 9.34. The molecule has 2 aromatic rings. The number of aromatic nitrogens is 1. The van der Waals surface area contributed by atoms with E-state index < -0.39 is 0 Å². The zero-order chi connectivity index (χ0) is 14.8. The van der Waals surface area contributed by atoms with Gasteiger partial charge in [-0.1, -0.05) is 17.3 Å². The molecule has 1 aromatic carbocycles. The highest BCUT2D eigenvalue weighted by Crippen LogP contribution is 2.32. The normalized spacial score (nSPS) is 16.5. The van der Waals surface area contributed by atoms with Gasteiger partial charge in [-0.15, -0.1) is 0 Å². The molecule has 1 atom stereocenters. The maximum Gasteiger partial charge on any atom is 0.143 e. The summed E-state index contributed by atoms with van der Waals surface area (Å²) in [5, 5.41) is 13.6. The minimum Gasteiger partial charge on any atom is -0.497 e. The van der Waals surface area contributed by atoms with Crippen LogP contribution in [0.5, 0.6) is 5.75 Å². The molecule has 1 N–H and O–H groups in total. The third-order valence-corrected chi connectivity index (χ3v) is 4.09. The fourth-order valence-electron chi connectivity index (χ4n) is 2.72. The first kappa shape index (κ1) is 14.1. The Labute approximate surface area is 124 Å². The van der Waals surface area contributed by atoms with E-state index in [1.165, 1.54) is 0 Å². The van der Waals surface area contributed by atoms with Crippen LogP contribution in [-0.4, -0.2) is 41.5 Å². The molecule has 0 spiro atoms. The number of methoxy groups -OCH3 is 1. The van der Waals surface area contributed by atoms with Crippen LogP contribution in [0.4, 0.5) is 0 Å². The molecule has 0 saturated carbocycles. The largest absolute Gasteiger partial charge is 0.497 e. The second-order valence-electron chi connectivity index (χ2n) is 5.42. The molecule has 0 radical (unpaired) electrons. The Kier molecular flexibility index (Phi) is 3.94. The van der Waals surface area contributed by atoms with Crippen LogP contribution in [-0.2, 0) is 13.0 Å². The minimum absolute atomic E-state index is 0.145. The quantitative estimate of drug-likeness (QED) is 0.933. The van der Waals surface area contributed by atoms with Crippen LogP contribution in [0.2, 0.25) is 0 Å². The summed E-state index contributed by atoms with van der Waals surface area (Å²) in [6.45, 7) is 3.84. The lowest BCUT2D eigenvalue weighted by Gasteiger charge is -2.30. The molecule has 0 amide bonds. The lowest BCUT2D eigenvalue weighted by atomic mass is 10.0. The summed E-state index contributed by atoms with van der Waals surface area (Å²) in [6.07, 6.45) is 0.830. The summed E-state index contributed by atoms with van der Waals surface area (Å²) in [6, 6.07) is 7.98. The van der Waals surface area contributed by atoms with E-state index in [9.17, 15) is 5.11 Å². The van der Waals surface area contributed by atoms with Gasteiger partial charge in [0.15, 0.2) is 0 Å². The van der Waals surface area contributed by atoms with E-state index in [-0.39, 0.29) is 12.6 Å². The first-order chi connectivity index (χ1) is 10.2. The molecule has 5 nitrogen and oxygen atoms in total. The molecule has 1 unspecified atom stereocenters. The number of nitrogens with zero attached hydrogens (tertiary/aromatic N) is 2. The number of hydrogen-bond donors (Lipinski definition) is 1. The molecule has 0 saturated heterocycles. The highest BCUT2D eigenvalue weighted by atomic mass is 16.5. The Balaban J connectivity index is 1.94. The van der Waals surface area contributed by atoms with Crippen molar-refractivity contribution >= 4 is 0 Å². The lowest BCUT2D eigenvalue weighted by molar-refractivity contribution is 0.119. The van der Waals surface area contributed by atoms with Gasteiger partial charge in [-0.25, -0.2) is 0 Å². The van der Waals surface area contributed by atoms with Gasteiger partial charge in [0.25, 0.3) is 0 Å². The van der Waals surface area contributed by atoms with Crippen LogP contribution in [0, 0.1) is 0 Å². The minimum atomic E-state index is 0.145. The van der Waals surface area contributed by atoms with E-state index in [0.29, 0.717) is 0 Å².